The number of hydrogen-bond donors (Lipinski definition) is 0. The molecular weight excluding hydrogens is 318 g/mol. The number of para-hydroxylation sites is 1. The highest BCUT2D eigenvalue weighted by Crippen LogP contribution is 2.19. The molecule has 0 radical (unpaired) electrons. The summed E-state index contributed by atoms with van der Waals surface area (Å²) in [6, 6.07) is 7.70. The van der Waals surface area contributed by atoms with Crippen LogP contribution in [0.1, 0.15) is 25.0 Å². The lowest BCUT2D eigenvalue weighted by atomic mass is 10.1. The van der Waals surface area contributed by atoms with Gasteiger partial charge in [0.05, 0.1) is 12.5 Å². The number of nitrogens with zero attached hydrogens (tertiary/aromatic N) is 3. The maximum atomic E-state index is 12.7. The van der Waals surface area contributed by atoms with Gasteiger partial charge in [-0.3, -0.25) is 9.69 Å². The molecule has 1 amide bonds. The van der Waals surface area contributed by atoms with Gasteiger partial charge in [0.15, 0.2) is 5.58 Å². The summed E-state index contributed by atoms with van der Waals surface area (Å²) in [4.78, 5) is 17.1. The van der Waals surface area contributed by atoms with E-state index in [1.807, 2.05) is 29.2 Å². The van der Waals surface area contributed by atoms with Gasteiger partial charge in [-0.25, -0.2) is 0 Å². The molecule has 1 aromatic carbocycles. The maximum Gasteiger partial charge on any atom is 0.228 e. The van der Waals surface area contributed by atoms with Crippen LogP contribution in [0, 0.1) is 0 Å². The van der Waals surface area contributed by atoms with E-state index in [0.717, 1.165) is 62.4 Å². The molecular formula is C19H25N3O3. The van der Waals surface area contributed by atoms with Crippen molar-refractivity contribution in [1.82, 2.24) is 15.0 Å². The third kappa shape index (κ3) is 3.85. The van der Waals surface area contributed by atoms with E-state index >= 15 is 0 Å². The first kappa shape index (κ1) is 16.5. The smallest absolute Gasteiger partial charge is 0.228 e. The summed E-state index contributed by atoms with van der Waals surface area (Å²) < 4.78 is 11.1. The highest BCUT2D eigenvalue weighted by molar-refractivity contribution is 5.86. The van der Waals surface area contributed by atoms with Crippen LogP contribution >= 0.6 is 0 Å². The Hall–Kier alpha value is -1.92. The average molecular weight is 343 g/mol. The van der Waals surface area contributed by atoms with Crippen molar-refractivity contribution in [2.24, 2.45) is 0 Å². The Labute approximate surface area is 147 Å². The minimum absolute atomic E-state index is 0.137. The molecule has 25 heavy (non-hydrogen) atoms. The summed E-state index contributed by atoms with van der Waals surface area (Å²) >= 11 is 0. The van der Waals surface area contributed by atoms with Crippen molar-refractivity contribution >= 4 is 16.9 Å². The van der Waals surface area contributed by atoms with E-state index in [4.69, 9.17) is 9.26 Å². The monoisotopic (exact) mass is 343 g/mol. The third-order valence-electron chi connectivity index (χ3n) is 5.20. The van der Waals surface area contributed by atoms with Crippen LogP contribution in [-0.2, 0) is 16.0 Å². The molecule has 0 aliphatic carbocycles. The molecule has 1 atom stereocenters. The van der Waals surface area contributed by atoms with Crippen LogP contribution in [0.5, 0.6) is 0 Å². The van der Waals surface area contributed by atoms with E-state index in [-0.39, 0.29) is 5.91 Å². The zero-order chi connectivity index (χ0) is 17.1. The van der Waals surface area contributed by atoms with Crippen LogP contribution < -0.4 is 0 Å². The quantitative estimate of drug-likeness (QED) is 0.851. The molecule has 6 nitrogen and oxygen atoms in total. The average Bonchev–Trinajstić information content (AvgIpc) is 3.21. The van der Waals surface area contributed by atoms with Gasteiger partial charge in [-0.2, -0.15) is 0 Å². The number of benzene rings is 1. The lowest BCUT2D eigenvalue weighted by molar-refractivity contribution is -0.130. The molecule has 4 rings (SSSR count). The van der Waals surface area contributed by atoms with Gasteiger partial charge in [0.2, 0.25) is 5.91 Å². The standard InChI is InChI=1S/C19H25N3O3/c23-19(13-17-16-6-1-2-7-18(16)25-20-17)22-9-4-8-21(10-11-22)14-15-5-3-12-24-15/h1-2,6-7,15H,3-5,8-14H2/t15-/m0/s1. The second kappa shape index (κ2) is 7.54. The number of ether oxygens (including phenoxy) is 1. The number of carbonyl (C=O) groups is 1. The lowest BCUT2D eigenvalue weighted by Gasteiger charge is -2.24. The molecule has 2 aromatic rings. The van der Waals surface area contributed by atoms with Crippen molar-refractivity contribution in [3.8, 4) is 0 Å². The first-order valence-corrected chi connectivity index (χ1v) is 9.24. The van der Waals surface area contributed by atoms with E-state index in [1.165, 1.54) is 12.8 Å². The first-order chi connectivity index (χ1) is 12.3. The molecule has 134 valence electrons. The predicted molar refractivity (Wildman–Crippen MR) is 94.3 cm³/mol. The highest BCUT2D eigenvalue weighted by Gasteiger charge is 2.24. The normalized spacial score (nSPS) is 22.4. The van der Waals surface area contributed by atoms with E-state index in [2.05, 4.69) is 10.1 Å². The Morgan fingerprint density at radius 1 is 1.16 bits per heavy atom. The van der Waals surface area contributed by atoms with Crippen LogP contribution in [-0.4, -0.2) is 66.3 Å². The highest BCUT2D eigenvalue weighted by atomic mass is 16.5. The molecule has 0 N–H and O–H groups in total. The molecule has 6 heteroatoms. The Morgan fingerprint density at radius 3 is 2.96 bits per heavy atom. The van der Waals surface area contributed by atoms with Gasteiger partial charge in [-0.05, 0) is 37.9 Å². The Kier molecular flexibility index (Phi) is 4.99. The summed E-state index contributed by atoms with van der Waals surface area (Å²) in [7, 11) is 0. The van der Waals surface area contributed by atoms with Crippen LogP contribution in [0.15, 0.2) is 28.8 Å². The van der Waals surface area contributed by atoms with Crippen LogP contribution in [0.4, 0.5) is 0 Å². The summed E-state index contributed by atoms with van der Waals surface area (Å²) in [5.74, 6) is 0.137. The second-order valence-corrected chi connectivity index (χ2v) is 6.97. The van der Waals surface area contributed by atoms with E-state index in [1.54, 1.807) is 0 Å². The molecule has 0 spiro atoms. The van der Waals surface area contributed by atoms with E-state index in [9.17, 15) is 4.79 Å². The Balaban J connectivity index is 1.34. The second-order valence-electron chi connectivity index (χ2n) is 6.97. The number of aromatic nitrogens is 1. The largest absolute Gasteiger partial charge is 0.377 e. The summed E-state index contributed by atoms with van der Waals surface area (Å²) in [6.07, 6.45) is 4.04. The fourth-order valence-electron chi connectivity index (χ4n) is 3.80. The van der Waals surface area contributed by atoms with Gasteiger partial charge in [0.25, 0.3) is 0 Å². The van der Waals surface area contributed by atoms with Gasteiger partial charge < -0.3 is 14.2 Å². The summed E-state index contributed by atoms with van der Waals surface area (Å²) in [6.45, 7) is 5.45. The van der Waals surface area contributed by atoms with E-state index in [0.29, 0.717) is 12.5 Å². The molecule has 2 aliphatic heterocycles. The van der Waals surface area contributed by atoms with Crippen LogP contribution in [0.25, 0.3) is 11.0 Å². The molecule has 1 aromatic heterocycles. The zero-order valence-electron chi connectivity index (χ0n) is 14.5. The zero-order valence-corrected chi connectivity index (χ0v) is 14.5. The topological polar surface area (TPSA) is 58.8 Å². The predicted octanol–water partition coefficient (Wildman–Crippen LogP) is 2.08. The fourth-order valence-corrected chi connectivity index (χ4v) is 3.80. The van der Waals surface area contributed by atoms with Crippen molar-refractivity contribution in [2.75, 3.05) is 39.3 Å². The lowest BCUT2D eigenvalue weighted by Crippen LogP contribution is -2.38. The van der Waals surface area contributed by atoms with Crippen LogP contribution in [0.3, 0.4) is 0 Å². The molecule has 0 unspecified atom stereocenters. The van der Waals surface area contributed by atoms with Crippen molar-refractivity contribution < 1.29 is 14.1 Å². The number of carbonyl (C=O) groups excluding carboxylic acids is 1. The number of fused-ring (bicyclic) bond motifs is 1. The van der Waals surface area contributed by atoms with Crippen molar-refractivity contribution in [3.05, 3.63) is 30.0 Å². The number of hydrogen-bond acceptors (Lipinski definition) is 5. The minimum atomic E-state index is 0.137. The van der Waals surface area contributed by atoms with Gasteiger partial charge >= 0.3 is 0 Å². The molecule has 3 heterocycles. The van der Waals surface area contributed by atoms with Gasteiger partial charge in [-0.15, -0.1) is 0 Å². The molecule has 0 saturated carbocycles. The van der Waals surface area contributed by atoms with Crippen molar-refractivity contribution in [2.45, 2.75) is 31.8 Å². The molecule has 2 fully saturated rings. The summed E-state index contributed by atoms with van der Waals surface area (Å²) in [5.41, 5.74) is 1.48. The fraction of sp³-hybridized carbons (Fsp3) is 0.579. The molecule has 0 bridgehead atoms. The van der Waals surface area contributed by atoms with Gasteiger partial charge in [0, 0.05) is 38.2 Å². The minimum Gasteiger partial charge on any atom is -0.377 e. The molecule has 2 aliphatic rings. The van der Waals surface area contributed by atoms with Crippen molar-refractivity contribution in [3.63, 3.8) is 0 Å². The number of rotatable bonds is 4. The SMILES string of the molecule is O=C(Cc1noc2ccccc12)N1CCCN(C[C@@H]2CCCO2)CC1. The Morgan fingerprint density at radius 2 is 2.08 bits per heavy atom. The Bertz CT molecular complexity index is 724. The summed E-state index contributed by atoms with van der Waals surface area (Å²) in [5, 5.41) is 5.02. The first-order valence-electron chi connectivity index (χ1n) is 9.24. The molecule has 2 saturated heterocycles. The van der Waals surface area contributed by atoms with Gasteiger partial charge in [-0.1, -0.05) is 17.3 Å². The van der Waals surface area contributed by atoms with E-state index < -0.39 is 0 Å². The number of amides is 1. The third-order valence-corrected chi connectivity index (χ3v) is 5.20. The van der Waals surface area contributed by atoms with Crippen LogP contribution in [0.2, 0.25) is 0 Å². The van der Waals surface area contributed by atoms with Gasteiger partial charge in [0.1, 0.15) is 5.69 Å². The maximum absolute atomic E-state index is 12.7. The van der Waals surface area contributed by atoms with Crippen molar-refractivity contribution in [1.29, 1.82) is 0 Å².